The van der Waals surface area contributed by atoms with Crippen molar-refractivity contribution in [1.82, 2.24) is 5.32 Å². The van der Waals surface area contributed by atoms with Crippen LogP contribution in [0.3, 0.4) is 0 Å². The van der Waals surface area contributed by atoms with Gasteiger partial charge < -0.3 is 20.5 Å². The van der Waals surface area contributed by atoms with Gasteiger partial charge in [-0.2, -0.15) is 13.2 Å². The third-order valence-corrected chi connectivity index (χ3v) is 4.35. The maximum absolute atomic E-state index is 12.7. The Kier molecular flexibility index (Phi) is 4.70. The number of hydrogen-bond donors (Lipinski definition) is 2. The van der Waals surface area contributed by atoms with Crippen LogP contribution in [-0.4, -0.2) is 43.4 Å². The molecular weight excluding hydrogens is 355 g/mol. The smallest absolute Gasteiger partial charge is 0.405 e. The van der Waals surface area contributed by atoms with E-state index >= 15 is 0 Å². The van der Waals surface area contributed by atoms with Gasteiger partial charge in [0.1, 0.15) is 12.6 Å². The Labute approximate surface area is 147 Å². The monoisotopic (exact) mass is 373 g/mol. The SMILES string of the molecule is CC[C@H](N)C(=O)N1c2ccc3c(c2CC1C(=O)NCC(F)(F)F)OCO3. The molecule has 0 aromatic heterocycles. The first-order valence-electron chi connectivity index (χ1n) is 8.07. The van der Waals surface area contributed by atoms with E-state index in [2.05, 4.69) is 0 Å². The van der Waals surface area contributed by atoms with Gasteiger partial charge in [0, 0.05) is 12.0 Å². The summed E-state index contributed by atoms with van der Waals surface area (Å²) in [6.45, 7) is 0.231. The Balaban J connectivity index is 1.93. The van der Waals surface area contributed by atoms with Crippen molar-refractivity contribution < 1.29 is 32.2 Å². The molecule has 2 aliphatic rings. The lowest BCUT2D eigenvalue weighted by atomic mass is 10.1. The molecule has 26 heavy (non-hydrogen) atoms. The molecule has 2 heterocycles. The standard InChI is InChI=1S/C16H18F3N3O4/c1-2-9(20)15(24)22-10-3-4-12-13(26-7-25-12)8(10)5-11(22)14(23)21-6-16(17,18)19/h3-4,9,11H,2,5-7,20H2,1H3,(H,21,23)/t9-,11?/m0/s1. The van der Waals surface area contributed by atoms with E-state index in [1.807, 2.05) is 5.32 Å². The Hall–Kier alpha value is -2.49. The van der Waals surface area contributed by atoms with Gasteiger partial charge in [-0.1, -0.05) is 6.92 Å². The highest BCUT2D eigenvalue weighted by molar-refractivity contribution is 6.06. The molecule has 7 nitrogen and oxygen atoms in total. The number of halogens is 3. The summed E-state index contributed by atoms with van der Waals surface area (Å²) in [7, 11) is 0. The lowest BCUT2D eigenvalue weighted by Gasteiger charge is -2.27. The number of nitrogens with zero attached hydrogens (tertiary/aromatic N) is 1. The number of benzene rings is 1. The molecule has 1 unspecified atom stereocenters. The van der Waals surface area contributed by atoms with Gasteiger partial charge in [-0.3, -0.25) is 14.5 Å². The van der Waals surface area contributed by atoms with Gasteiger partial charge >= 0.3 is 6.18 Å². The zero-order valence-electron chi connectivity index (χ0n) is 13.9. The molecule has 0 saturated carbocycles. The number of nitrogens with one attached hydrogen (secondary N) is 1. The molecule has 2 atom stereocenters. The number of nitrogens with two attached hydrogens (primary N) is 1. The summed E-state index contributed by atoms with van der Waals surface area (Å²) in [4.78, 5) is 26.2. The lowest BCUT2D eigenvalue weighted by Crippen LogP contribution is -2.53. The minimum absolute atomic E-state index is 0.000849. The minimum Gasteiger partial charge on any atom is -0.454 e. The van der Waals surface area contributed by atoms with Crippen LogP contribution < -0.4 is 25.4 Å². The Morgan fingerprint density at radius 1 is 1.38 bits per heavy atom. The number of fused-ring (bicyclic) bond motifs is 3. The minimum atomic E-state index is -4.55. The Bertz CT molecular complexity index is 738. The largest absolute Gasteiger partial charge is 0.454 e. The summed E-state index contributed by atoms with van der Waals surface area (Å²) in [6.07, 6.45) is -4.20. The molecule has 2 amide bonds. The van der Waals surface area contributed by atoms with Crippen molar-refractivity contribution in [2.24, 2.45) is 5.73 Å². The van der Waals surface area contributed by atoms with Crippen molar-refractivity contribution in [3.63, 3.8) is 0 Å². The van der Waals surface area contributed by atoms with E-state index in [-0.39, 0.29) is 13.2 Å². The van der Waals surface area contributed by atoms with Crippen LogP contribution in [0.4, 0.5) is 18.9 Å². The van der Waals surface area contributed by atoms with Crippen LogP contribution in [0, 0.1) is 0 Å². The van der Waals surface area contributed by atoms with Crippen molar-refractivity contribution in [3.05, 3.63) is 17.7 Å². The van der Waals surface area contributed by atoms with Crippen LogP contribution in [-0.2, 0) is 16.0 Å². The van der Waals surface area contributed by atoms with Crippen molar-refractivity contribution in [1.29, 1.82) is 0 Å². The van der Waals surface area contributed by atoms with E-state index in [0.29, 0.717) is 29.2 Å². The van der Waals surface area contributed by atoms with Crippen molar-refractivity contribution in [2.45, 2.75) is 38.0 Å². The first-order chi connectivity index (χ1) is 12.2. The Morgan fingerprint density at radius 2 is 2.12 bits per heavy atom. The van der Waals surface area contributed by atoms with Gasteiger partial charge in [0.15, 0.2) is 11.5 Å². The molecule has 0 radical (unpaired) electrons. The molecule has 0 aliphatic carbocycles. The molecular formula is C16H18F3N3O4. The number of hydrogen-bond acceptors (Lipinski definition) is 5. The quantitative estimate of drug-likeness (QED) is 0.824. The second kappa shape index (κ2) is 6.67. The number of alkyl halides is 3. The van der Waals surface area contributed by atoms with Crippen molar-refractivity contribution in [2.75, 3.05) is 18.2 Å². The van der Waals surface area contributed by atoms with Crippen LogP contribution >= 0.6 is 0 Å². The number of carbonyl (C=O) groups excluding carboxylic acids is 2. The third-order valence-electron chi connectivity index (χ3n) is 4.35. The summed E-state index contributed by atoms with van der Waals surface area (Å²) < 4.78 is 48.0. The highest BCUT2D eigenvalue weighted by Gasteiger charge is 2.43. The highest BCUT2D eigenvalue weighted by Crippen LogP contribution is 2.46. The van der Waals surface area contributed by atoms with Gasteiger partial charge in [-0.15, -0.1) is 0 Å². The van der Waals surface area contributed by atoms with Crippen molar-refractivity contribution >= 4 is 17.5 Å². The van der Waals surface area contributed by atoms with E-state index in [1.165, 1.54) is 0 Å². The molecule has 1 aromatic rings. The van der Waals surface area contributed by atoms with E-state index in [0.717, 1.165) is 4.90 Å². The molecule has 0 saturated heterocycles. The molecule has 142 valence electrons. The summed E-state index contributed by atoms with van der Waals surface area (Å²) in [6, 6.07) is 1.17. The summed E-state index contributed by atoms with van der Waals surface area (Å²) in [5.41, 5.74) is 6.76. The fourth-order valence-electron chi connectivity index (χ4n) is 3.04. The summed E-state index contributed by atoms with van der Waals surface area (Å²) in [5, 5.41) is 1.84. The number of anilines is 1. The number of carbonyl (C=O) groups is 2. The molecule has 3 N–H and O–H groups in total. The van der Waals surface area contributed by atoms with Crippen LogP contribution in [0.25, 0.3) is 0 Å². The van der Waals surface area contributed by atoms with Crippen LogP contribution in [0.1, 0.15) is 18.9 Å². The van der Waals surface area contributed by atoms with E-state index in [1.54, 1.807) is 19.1 Å². The van der Waals surface area contributed by atoms with E-state index < -0.39 is 36.6 Å². The molecule has 10 heteroatoms. The third kappa shape index (κ3) is 3.28. The maximum atomic E-state index is 12.7. The number of amides is 2. The first kappa shape index (κ1) is 18.3. The zero-order chi connectivity index (χ0) is 19.1. The second-order valence-corrected chi connectivity index (χ2v) is 6.07. The first-order valence-corrected chi connectivity index (χ1v) is 8.07. The van der Waals surface area contributed by atoms with Gasteiger partial charge in [-0.25, -0.2) is 0 Å². The number of rotatable bonds is 4. The van der Waals surface area contributed by atoms with Crippen LogP contribution in [0.2, 0.25) is 0 Å². The summed E-state index contributed by atoms with van der Waals surface area (Å²) >= 11 is 0. The molecule has 1 aromatic carbocycles. The molecule has 0 spiro atoms. The van der Waals surface area contributed by atoms with Crippen LogP contribution in [0.5, 0.6) is 11.5 Å². The fraction of sp³-hybridized carbons (Fsp3) is 0.500. The van der Waals surface area contributed by atoms with Gasteiger partial charge in [0.2, 0.25) is 18.6 Å². The van der Waals surface area contributed by atoms with Gasteiger partial charge in [0.05, 0.1) is 11.7 Å². The van der Waals surface area contributed by atoms with Crippen LogP contribution in [0.15, 0.2) is 12.1 Å². The highest BCUT2D eigenvalue weighted by atomic mass is 19.4. The predicted molar refractivity (Wildman–Crippen MR) is 84.9 cm³/mol. The number of ether oxygens (including phenoxy) is 2. The molecule has 3 rings (SSSR count). The average Bonchev–Trinajstić information content (AvgIpc) is 3.21. The topological polar surface area (TPSA) is 93.9 Å². The van der Waals surface area contributed by atoms with E-state index in [4.69, 9.17) is 15.2 Å². The zero-order valence-corrected chi connectivity index (χ0v) is 13.9. The Morgan fingerprint density at radius 3 is 2.77 bits per heavy atom. The average molecular weight is 373 g/mol. The van der Waals surface area contributed by atoms with E-state index in [9.17, 15) is 22.8 Å². The second-order valence-electron chi connectivity index (χ2n) is 6.07. The summed E-state index contributed by atoms with van der Waals surface area (Å²) in [5.74, 6) is -0.566. The van der Waals surface area contributed by atoms with Gasteiger partial charge in [0.25, 0.3) is 0 Å². The molecule has 0 fully saturated rings. The van der Waals surface area contributed by atoms with Gasteiger partial charge in [-0.05, 0) is 18.6 Å². The predicted octanol–water partition coefficient (Wildman–Crippen LogP) is 1.09. The fourth-order valence-corrected chi connectivity index (χ4v) is 3.04. The molecule has 0 bridgehead atoms. The molecule has 2 aliphatic heterocycles. The maximum Gasteiger partial charge on any atom is 0.405 e. The lowest BCUT2D eigenvalue weighted by molar-refractivity contribution is -0.139. The van der Waals surface area contributed by atoms with Crippen molar-refractivity contribution in [3.8, 4) is 11.5 Å². The normalized spacial score (nSPS) is 19.3.